The third kappa shape index (κ3) is 9.19. The van der Waals surface area contributed by atoms with Gasteiger partial charge in [0.15, 0.2) is 0 Å². The summed E-state index contributed by atoms with van der Waals surface area (Å²) in [6.45, 7) is 24.9. The van der Waals surface area contributed by atoms with Gasteiger partial charge in [-0.05, 0) is 68.5 Å². The van der Waals surface area contributed by atoms with Crippen molar-refractivity contribution in [2.24, 2.45) is 5.92 Å². The molecule has 0 saturated carbocycles. The molecule has 0 heterocycles. The first-order valence-corrected chi connectivity index (χ1v) is 17.7. The van der Waals surface area contributed by atoms with Crippen molar-refractivity contribution in [3.63, 3.8) is 0 Å². The highest BCUT2D eigenvalue weighted by Gasteiger charge is 2.23. The van der Waals surface area contributed by atoms with E-state index in [9.17, 15) is 0 Å². The fraction of sp³-hybridized carbons (Fsp3) is 0.400. The second-order valence-electron chi connectivity index (χ2n) is 15.4. The van der Waals surface area contributed by atoms with Gasteiger partial charge in [0.05, 0.1) is 0 Å². The smallest absolute Gasteiger partial charge is 0.127 e. The predicted octanol–water partition coefficient (Wildman–Crippen LogP) is 11.0. The lowest BCUT2D eigenvalue weighted by Crippen LogP contribution is -2.17. The van der Waals surface area contributed by atoms with Crippen LogP contribution in [0.15, 0.2) is 84.9 Å². The summed E-state index contributed by atoms with van der Waals surface area (Å²) in [4.78, 5) is 0. The summed E-state index contributed by atoms with van der Waals surface area (Å²) in [7, 11) is 0.527. The van der Waals surface area contributed by atoms with Crippen molar-refractivity contribution >= 4 is 28.2 Å². The highest BCUT2D eigenvalue weighted by Crippen LogP contribution is 2.38. The molecule has 2 nitrogen and oxygen atoms in total. The average molecular weight is 627 g/mol. The molecule has 234 valence electrons. The van der Waals surface area contributed by atoms with Crippen molar-refractivity contribution in [1.82, 2.24) is 0 Å². The molecular formula is C40H52O2P2. The van der Waals surface area contributed by atoms with E-state index in [2.05, 4.69) is 161 Å². The van der Waals surface area contributed by atoms with Crippen molar-refractivity contribution in [3.05, 3.63) is 107 Å². The standard InChI is InChI=1S/C40H52O2P2/c1-27(2)24-30-25-31(38(3,4)5)16-22-36(30)41-43-33-18-12-28(13-19-33)29-14-20-34(21-15-29)44-42-37-23-17-32(39(6,7)8)26-35(37)40(9,10)11/h12-23,25-27,43-44H,24H2,1-11H3. The highest BCUT2D eigenvalue weighted by atomic mass is 31.1. The van der Waals surface area contributed by atoms with Gasteiger partial charge in [-0.3, -0.25) is 0 Å². The zero-order valence-corrected chi connectivity index (χ0v) is 30.7. The van der Waals surface area contributed by atoms with Gasteiger partial charge in [0.2, 0.25) is 0 Å². The summed E-state index contributed by atoms with van der Waals surface area (Å²) in [5.74, 6) is 2.56. The third-order valence-corrected chi connectivity index (χ3v) is 9.65. The Morgan fingerprint density at radius 2 is 0.955 bits per heavy atom. The minimum Gasteiger partial charge on any atom is -0.472 e. The summed E-state index contributed by atoms with van der Waals surface area (Å²) in [5.41, 5.74) is 7.92. The number of rotatable bonds is 9. The van der Waals surface area contributed by atoms with Crippen molar-refractivity contribution in [1.29, 1.82) is 0 Å². The lowest BCUT2D eigenvalue weighted by molar-refractivity contribution is 0.534. The van der Waals surface area contributed by atoms with Crippen LogP contribution in [0.4, 0.5) is 0 Å². The van der Waals surface area contributed by atoms with Gasteiger partial charge >= 0.3 is 0 Å². The molecule has 0 aromatic heterocycles. The van der Waals surface area contributed by atoms with Gasteiger partial charge in [0.1, 0.15) is 29.1 Å². The summed E-state index contributed by atoms with van der Waals surface area (Å²) in [5, 5.41) is 2.39. The lowest BCUT2D eigenvalue weighted by atomic mass is 9.80. The maximum atomic E-state index is 6.41. The van der Waals surface area contributed by atoms with Crippen LogP contribution in [0.25, 0.3) is 11.1 Å². The first-order valence-electron chi connectivity index (χ1n) is 15.9. The second kappa shape index (κ2) is 13.8. The van der Waals surface area contributed by atoms with E-state index in [0.717, 1.165) is 17.9 Å². The van der Waals surface area contributed by atoms with Crippen molar-refractivity contribution in [2.45, 2.75) is 98.8 Å². The number of benzene rings is 4. The quantitative estimate of drug-likeness (QED) is 0.172. The molecular weight excluding hydrogens is 574 g/mol. The van der Waals surface area contributed by atoms with Crippen LogP contribution in [0.5, 0.6) is 11.5 Å². The van der Waals surface area contributed by atoms with Crippen molar-refractivity contribution in [3.8, 4) is 22.6 Å². The Bertz CT molecular complexity index is 1530. The molecule has 0 amide bonds. The van der Waals surface area contributed by atoms with E-state index in [-0.39, 0.29) is 33.9 Å². The monoisotopic (exact) mass is 626 g/mol. The van der Waals surface area contributed by atoms with Crippen LogP contribution in [0.1, 0.15) is 98.4 Å². The molecule has 44 heavy (non-hydrogen) atoms. The minimum atomic E-state index is 0.00988. The molecule has 0 N–H and O–H groups in total. The van der Waals surface area contributed by atoms with Crippen LogP contribution in [-0.2, 0) is 22.7 Å². The molecule has 0 spiro atoms. The topological polar surface area (TPSA) is 18.5 Å². The van der Waals surface area contributed by atoms with Crippen LogP contribution in [0.2, 0.25) is 0 Å². The molecule has 0 radical (unpaired) electrons. The maximum absolute atomic E-state index is 6.41. The average Bonchev–Trinajstić information content (AvgIpc) is 2.94. The van der Waals surface area contributed by atoms with Crippen LogP contribution in [0, 0.1) is 5.92 Å². The number of hydrogen-bond donors (Lipinski definition) is 0. The van der Waals surface area contributed by atoms with Crippen LogP contribution in [0.3, 0.4) is 0 Å². The Labute approximate surface area is 271 Å². The Balaban J connectivity index is 1.40. The van der Waals surface area contributed by atoms with E-state index in [4.69, 9.17) is 9.05 Å². The first-order chi connectivity index (χ1) is 20.5. The normalized spacial score (nSPS) is 13.0. The van der Waals surface area contributed by atoms with Crippen LogP contribution < -0.4 is 19.7 Å². The second-order valence-corrected chi connectivity index (χ2v) is 17.4. The van der Waals surface area contributed by atoms with Gasteiger partial charge in [-0.15, -0.1) is 0 Å². The van der Waals surface area contributed by atoms with E-state index in [1.54, 1.807) is 0 Å². The van der Waals surface area contributed by atoms with E-state index >= 15 is 0 Å². The Morgan fingerprint density at radius 1 is 0.523 bits per heavy atom. The summed E-state index contributed by atoms with van der Waals surface area (Å²) >= 11 is 0. The Hall–Kier alpha value is -2.66. The van der Waals surface area contributed by atoms with E-state index in [1.807, 2.05) is 0 Å². The fourth-order valence-electron chi connectivity index (χ4n) is 5.11. The first kappa shape index (κ1) is 34.2. The van der Waals surface area contributed by atoms with Gasteiger partial charge in [-0.25, -0.2) is 0 Å². The van der Waals surface area contributed by atoms with E-state index in [1.165, 1.54) is 44.0 Å². The zero-order valence-electron chi connectivity index (χ0n) is 28.7. The molecule has 0 bridgehead atoms. The van der Waals surface area contributed by atoms with E-state index < -0.39 is 0 Å². The van der Waals surface area contributed by atoms with E-state index in [0.29, 0.717) is 5.92 Å². The third-order valence-electron chi connectivity index (χ3n) is 7.87. The van der Waals surface area contributed by atoms with Crippen molar-refractivity contribution in [2.75, 3.05) is 0 Å². The molecule has 4 rings (SSSR count). The SMILES string of the molecule is CC(C)Cc1cc(C(C)(C)C)ccc1OPc1ccc(-c2ccc(POc3ccc(C(C)(C)C)cc3C(C)(C)C)cc2)cc1. The minimum absolute atomic E-state index is 0.00988. The summed E-state index contributed by atoms with van der Waals surface area (Å²) in [6.07, 6.45) is 1.02. The lowest BCUT2D eigenvalue weighted by Gasteiger charge is -2.27. The summed E-state index contributed by atoms with van der Waals surface area (Å²) < 4.78 is 12.8. The molecule has 0 aliphatic carbocycles. The Morgan fingerprint density at radius 3 is 1.39 bits per heavy atom. The zero-order chi connectivity index (χ0) is 32.3. The highest BCUT2D eigenvalue weighted by molar-refractivity contribution is 7.42. The molecule has 4 aromatic rings. The van der Waals surface area contributed by atoms with Gasteiger partial charge in [0.25, 0.3) is 0 Å². The van der Waals surface area contributed by atoms with Crippen molar-refractivity contribution < 1.29 is 9.05 Å². The summed E-state index contributed by atoms with van der Waals surface area (Å²) in [6, 6.07) is 30.9. The van der Waals surface area contributed by atoms with Crippen LogP contribution in [-0.4, -0.2) is 0 Å². The largest absolute Gasteiger partial charge is 0.472 e. The molecule has 0 aliphatic rings. The molecule has 0 saturated heterocycles. The van der Waals surface area contributed by atoms with Gasteiger partial charge in [0, 0.05) is 16.2 Å². The van der Waals surface area contributed by atoms with Crippen LogP contribution >= 0.6 is 17.6 Å². The molecule has 4 heteroatoms. The number of hydrogen-bond acceptors (Lipinski definition) is 2. The van der Waals surface area contributed by atoms with Gasteiger partial charge in [-0.2, -0.15) is 0 Å². The Kier molecular flexibility index (Phi) is 10.7. The molecule has 0 fully saturated rings. The predicted molar refractivity (Wildman–Crippen MR) is 197 cm³/mol. The van der Waals surface area contributed by atoms with Gasteiger partial charge in [-0.1, -0.05) is 149 Å². The molecule has 2 atom stereocenters. The molecule has 4 aromatic carbocycles. The van der Waals surface area contributed by atoms with Gasteiger partial charge < -0.3 is 9.05 Å². The molecule has 0 aliphatic heterocycles. The molecule has 2 unspecified atom stereocenters. The maximum Gasteiger partial charge on any atom is 0.127 e. The fourth-order valence-corrected chi connectivity index (χ4v) is 6.54.